The topological polar surface area (TPSA) is 151 Å². The van der Waals surface area contributed by atoms with E-state index in [0.717, 1.165) is 78.1 Å². The molecule has 0 saturated carbocycles. The largest absolute Gasteiger partial charge is 0.390 e. The van der Waals surface area contributed by atoms with Gasteiger partial charge in [-0.1, -0.05) is 0 Å². The molecule has 0 aromatic carbocycles. The predicted molar refractivity (Wildman–Crippen MR) is 114 cm³/mol. The summed E-state index contributed by atoms with van der Waals surface area (Å²) < 4.78 is 16.8. The van der Waals surface area contributed by atoms with Crippen LogP contribution >= 0.6 is 11.3 Å². The number of carbonyl (C=O) groups excluding carboxylic acids is 1. The lowest BCUT2D eigenvalue weighted by Crippen LogP contribution is -2.19. The van der Waals surface area contributed by atoms with Crippen LogP contribution in [-0.2, 0) is 47.8 Å². The van der Waals surface area contributed by atoms with Crippen LogP contribution in [0.1, 0.15) is 59.9 Å². The third kappa shape index (κ3) is 3.87. The Morgan fingerprint density at radius 1 is 1.20 bits per heavy atom. The zero-order chi connectivity index (χ0) is 21.7. The van der Waals surface area contributed by atoms with Gasteiger partial charge >= 0.3 is 6.03 Å². The number of fused-ring (bicyclic) bond motifs is 2. The molecule has 30 heavy (non-hydrogen) atoms. The van der Waals surface area contributed by atoms with Gasteiger partial charge in [-0.15, -0.1) is 15.7 Å². The second kappa shape index (κ2) is 7.65. The van der Waals surface area contributed by atoms with E-state index in [0.29, 0.717) is 0 Å². The molecule has 9 nitrogen and oxygen atoms in total. The van der Waals surface area contributed by atoms with Crippen molar-refractivity contribution in [2.75, 3.05) is 5.32 Å². The summed E-state index contributed by atoms with van der Waals surface area (Å²) in [7, 11) is -3.66. The Morgan fingerprint density at radius 2 is 1.80 bits per heavy atom. The van der Waals surface area contributed by atoms with Crippen LogP contribution in [-0.4, -0.2) is 30.4 Å². The van der Waals surface area contributed by atoms with E-state index < -0.39 is 28.2 Å². The second-order valence-electron chi connectivity index (χ2n) is 8.10. The molecule has 0 saturated heterocycles. The number of nitrogens with one attached hydrogen (secondary N) is 1. The van der Waals surface area contributed by atoms with E-state index >= 15 is 0 Å². The molecule has 2 heterocycles. The molecule has 2 amide bonds. The summed E-state index contributed by atoms with van der Waals surface area (Å²) in [4.78, 5) is 21.6. The highest BCUT2D eigenvalue weighted by Gasteiger charge is 2.29. The van der Waals surface area contributed by atoms with E-state index in [-0.39, 0.29) is 14.9 Å². The predicted octanol–water partition coefficient (Wildman–Crippen LogP) is 2.17. The SMILES string of the molecule is CC(C)(O)c1nc(CO)c(S(N)(=O)=NC(=O)Nc2c3c(nc4c2CCC4)CCC3)s1. The van der Waals surface area contributed by atoms with E-state index in [1.165, 1.54) is 13.8 Å². The van der Waals surface area contributed by atoms with Gasteiger partial charge in [-0.05, 0) is 63.5 Å². The van der Waals surface area contributed by atoms with Gasteiger partial charge in [-0.3, -0.25) is 4.98 Å². The summed E-state index contributed by atoms with van der Waals surface area (Å²) in [6.07, 6.45) is 5.41. The zero-order valence-electron chi connectivity index (χ0n) is 16.9. The van der Waals surface area contributed by atoms with Crippen molar-refractivity contribution in [3.8, 4) is 0 Å². The Morgan fingerprint density at radius 3 is 2.33 bits per heavy atom. The summed E-state index contributed by atoms with van der Waals surface area (Å²) in [6.45, 7) is 2.51. The zero-order valence-corrected chi connectivity index (χ0v) is 18.5. The van der Waals surface area contributed by atoms with Crippen molar-refractivity contribution in [2.45, 2.75) is 68.8 Å². The highest BCUT2D eigenvalue weighted by atomic mass is 32.2. The van der Waals surface area contributed by atoms with Gasteiger partial charge in [0.25, 0.3) is 0 Å². The average molecular weight is 452 g/mol. The monoisotopic (exact) mass is 451 g/mol. The van der Waals surface area contributed by atoms with Crippen LogP contribution in [0.3, 0.4) is 0 Å². The van der Waals surface area contributed by atoms with Crippen LogP contribution in [0, 0.1) is 0 Å². The first-order valence-corrected chi connectivity index (χ1v) is 12.2. The van der Waals surface area contributed by atoms with Crippen molar-refractivity contribution < 1.29 is 19.2 Å². The van der Waals surface area contributed by atoms with E-state index in [1.54, 1.807) is 0 Å². The van der Waals surface area contributed by atoms with Crippen molar-refractivity contribution in [2.24, 2.45) is 9.50 Å². The van der Waals surface area contributed by atoms with Gasteiger partial charge in [0.2, 0.25) is 0 Å². The summed E-state index contributed by atoms with van der Waals surface area (Å²) in [5.74, 6) is 0. The summed E-state index contributed by atoms with van der Waals surface area (Å²) in [5.41, 5.74) is 3.56. The number of aliphatic hydroxyl groups is 2. The summed E-state index contributed by atoms with van der Waals surface area (Å²) in [5, 5.41) is 28.7. The minimum absolute atomic E-state index is 0.0116. The van der Waals surface area contributed by atoms with Crippen LogP contribution in [0.5, 0.6) is 0 Å². The average Bonchev–Trinajstić information content (AvgIpc) is 3.38. The number of carbonyl (C=O) groups is 1. The molecule has 2 aliphatic carbocycles. The van der Waals surface area contributed by atoms with Crippen LogP contribution in [0.2, 0.25) is 0 Å². The smallest absolute Gasteiger partial charge is 0.354 e. The molecule has 0 aliphatic heterocycles. The fourth-order valence-electron chi connectivity index (χ4n) is 3.96. The number of amides is 2. The lowest BCUT2D eigenvalue weighted by Gasteiger charge is -2.14. The minimum atomic E-state index is -3.66. The quantitative estimate of drug-likeness (QED) is 0.559. The minimum Gasteiger partial charge on any atom is -0.390 e. The molecule has 5 N–H and O–H groups in total. The first-order valence-electron chi connectivity index (χ1n) is 9.83. The maximum atomic E-state index is 13.1. The lowest BCUT2D eigenvalue weighted by molar-refractivity contribution is 0.0779. The molecule has 11 heteroatoms. The van der Waals surface area contributed by atoms with Gasteiger partial charge in [0.1, 0.15) is 14.8 Å². The third-order valence-corrected chi connectivity index (χ3v) is 8.68. The van der Waals surface area contributed by atoms with Gasteiger partial charge < -0.3 is 15.5 Å². The Bertz CT molecular complexity index is 1110. The number of urea groups is 1. The number of nitrogens with two attached hydrogens (primary N) is 1. The van der Waals surface area contributed by atoms with E-state index in [1.807, 2.05) is 0 Å². The molecule has 2 aromatic rings. The van der Waals surface area contributed by atoms with Crippen molar-refractivity contribution in [3.63, 3.8) is 0 Å². The number of aromatic nitrogens is 2. The van der Waals surface area contributed by atoms with Crippen LogP contribution in [0.25, 0.3) is 0 Å². The maximum absolute atomic E-state index is 13.1. The molecular weight excluding hydrogens is 426 g/mol. The Hall–Kier alpha value is -1.92. The van der Waals surface area contributed by atoms with E-state index in [2.05, 4.69) is 14.7 Å². The number of aryl methyl sites for hydroxylation is 2. The number of pyridine rings is 1. The van der Waals surface area contributed by atoms with Gasteiger partial charge in [-0.2, -0.15) is 0 Å². The van der Waals surface area contributed by atoms with E-state index in [4.69, 9.17) is 10.1 Å². The Balaban J connectivity index is 1.69. The number of nitrogens with zero attached hydrogens (tertiary/aromatic N) is 3. The summed E-state index contributed by atoms with van der Waals surface area (Å²) in [6, 6.07) is -0.806. The van der Waals surface area contributed by atoms with Crippen molar-refractivity contribution in [1.29, 1.82) is 0 Å². The number of thiazole rings is 1. The molecule has 1 unspecified atom stereocenters. The van der Waals surface area contributed by atoms with Gasteiger partial charge in [-0.25, -0.2) is 19.1 Å². The molecule has 0 fully saturated rings. The number of hydrogen-bond donors (Lipinski definition) is 4. The van der Waals surface area contributed by atoms with Gasteiger partial charge in [0.15, 0.2) is 9.92 Å². The highest BCUT2D eigenvalue weighted by molar-refractivity contribution is 7.93. The van der Waals surface area contributed by atoms with Gasteiger partial charge in [0, 0.05) is 11.4 Å². The van der Waals surface area contributed by atoms with E-state index in [9.17, 15) is 19.2 Å². The molecule has 2 aromatic heterocycles. The highest BCUT2D eigenvalue weighted by Crippen LogP contribution is 2.37. The van der Waals surface area contributed by atoms with Crippen LogP contribution < -0.4 is 10.5 Å². The molecule has 0 radical (unpaired) electrons. The maximum Gasteiger partial charge on any atom is 0.354 e. The number of rotatable bonds is 4. The molecule has 2 aliphatic rings. The van der Waals surface area contributed by atoms with Crippen molar-refractivity contribution >= 4 is 33.0 Å². The second-order valence-corrected chi connectivity index (χ2v) is 11.1. The molecular formula is C19H25N5O4S2. The first kappa shape index (κ1) is 21.3. The normalized spacial score (nSPS) is 17.4. The fourth-order valence-corrected chi connectivity index (χ4v) is 6.42. The molecule has 1 atom stereocenters. The fraction of sp³-hybridized carbons (Fsp3) is 0.526. The molecule has 4 rings (SSSR count). The molecule has 162 valence electrons. The first-order chi connectivity index (χ1) is 14.1. The standard InChI is InChI=1S/C19H25N5O4S2/c1-19(2,27)17-22-14(9-25)16(29-17)30(20,28)24-18(26)23-15-10-5-3-7-12(10)21-13-8-4-6-11(13)15/h25,27H,3-9H2,1-2H3,(H3,20,21,23,24,26,28). The number of anilines is 1. The lowest BCUT2D eigenvalue weighted by atomic mass is 10.1. The Labute approximate surface area is 179 Å². The number of aliphatic hydroxyl groups excluding tert-OH is 1. The Kier molecular flexibility index (Phi) is 5.43. The summed E-state index contributed by atoms with van der Waals surface area (Å²) >= 11 is 0.881. The van der Waals surface area contributed by atoms with Crippen molar-refractivity contribution in [3.05, 3.63) is 33.2 Å². The van der Waals surface area contributed by atoms with Crippen LogP contribution in [0.4, 0.5) is 10.5 Å². The van der Waals surface area contributed by atoms with Crippen molar-refractivity contribution in [1.82, 2.24) is 9.97 Å². The molecule has 0 bridgehead atoms. The van der Waals surface area contributed by atoms with Crippen LogP contribution in [0.15, 0.2) is 8.57 Å². The molecule has 0 spiro atoms. The third-order valence-electron chi connectivity index (χ3n) is 5.30. The van der Waals surface area contributed by atoms with Gasteiger partial charge in [0.05, 0.1) is 18.0 Å². The number of hydrogen-bond acceptors (Lipinski definition) is 7.